The van der Waals surface area contributed by atoms with Gasteiger partial charge in [0.05, 0.1) is 6.61 Å². The van der Waals surface area contributed by atoms with Crippen molar-refractivity contribution in [3.05, 3.63) is 21.9 Å². The SMILES string of the molecule is Cc1ccc(C(C)NCC2CCOC2)s1. The molecule has 2 unspecified atom stereocenters. The van der Waals surface area contributed by atoms with E-state index in [4.69, 9.17) is 4.74 Å². The van der Waals surface area contributed by atoms with E-state index in [0.717, 1.165) is 19.8 Å². The maximum Gasteiger partial charge on any atom is 0.0507 e. The molecule has 2 nitrogen and oxygen atoms in total. The van der Waals surface area contributed by atoms with Crippen molar-refractivity contribution in [1.29, 1.82) is 0 Å². The van der Waals surface area contributed by atoms with E-state index in [9.17, 15) is 0 Å². The summed E-state index contributed by atoms with van der Waals surface area (Å²) in [6.07, 6.45) is 1.21. The Morgan fingerprint density at radius 2 is 2.47 bits per heavy atom. The molecule has 0 saturated carbocycles. The zero-order valence-corrected chi connectivity index (χ0v) is 10.3. The third-order valence-corrected chi connectivity index (χ3v) is 4.11. The van der Waals surface area contributed by atoms with Crippen molar-refractivity contribution < 1.29 is 4.74 Å². The molecule has 0 aromatic carbocycles. The summed E-state index contributed by atoms with van der Waals surface area (Å²) < 4.78 is 5.36. The monoisotopic (exact) mass is 225 g/mol. The van der Waals surface area contributed by atoms with Gasteiger partial charge in [-0.1, -0.05) is 0 Å². The summed E-state index contributed by atoms with van der Waals surface area (Å²) in [6.45, 7) is 7.35. The van der Waals surface area contributed by atoms with Gasteiger partial charge >= 0.3 is 0 Å². The molecule has 0 bridgehead atoms. The van der Waals surface area contributed by atoms with Gasteiger partial charge in [-0.15, -0.1) is 11.3 Å². The van der Waals surface area contributed by atoms with Gasteiger partial charge in [0.2, 0.25) is 0 Å². The lowest BCUT2D eigenvalue weighted by atomic mass is 10.1. The van der Waals surface area contributed by atoms with Gasteiger partial charge in [0.15, 0.2) is 0 Å². The Kier molecular flexibility index (Phi) is 3.78. The van der Waals surface area contributed by atoms with Crippen LogP contribution in [-0.4, -0.2) is 19.8 Å². The zero-order valence-electron chi connectivity index (χ0n) is 9.45. The van der Waals surface area contributed by atoms with Gasteiger partial charge in [0, 0.05) is 28.9 Å². The number of aryl methyl sites for hydroxylation is 1. The Morgan fingerprint density at radius 1 is 1.60 bits per heavy atom. The molecular formula is C12H19NOS. The minimum Gasteiger partial charge on any atom is -0.381 e. The number of rotatable bonds is 4. The first-order valence-electron chi connectivity index (χ1n) is 5.63. The number of ether oxygens (including phenoxy) is 1. The number of thiophene rings is 1. The van der Waals surface area contributed by atoms with Crippen molar-refractivity contribution in [1.82, 2.24) is 5.32 Å². The largest absolute Gasteiger partial charge is 0.381 e. The summed E-state index contributed by atoms with van der Waals surface area (Å²) in [4.78, 5) is 2.83. The fourth-order valence-electron chi connectivity index (χ4n) is 1.87. The summed E-state index contributed by atoms with van der Waals surface area (Å²) >= 11 is 1.88. The van der Waals surface area contributed by atoms with E-state index in [1.165, 1.54) is 16.2 Å². The fourth-order valence-corrected chi connectivity index (χ4v) is 2.78. The summed E-state index contributed by atoms with van der Waals surface area (Å²) in [5.41, 5.74) is 0. The molecule has 1 aromatic rings. The second-order valence-corrected chi connectivity index (χ2v) is 5.63. The molecule has 0 spiro atoms. The van der Waals surface area contributed by atoms with Gasteiger partial charge in [0.1, 0.15) is 0 Å². The lowest BCUT2D eigenvalue weighted by Gasteiger charge is -2.14. The van der Waals surface area contributed by atoms with Crippen LogP contribution in [0.1, 0.15) is 29.1 Å². The van der Waals surface area contributed by atoms with E-state index in [2.05, 4.69) is 31.3 Å². The molecule has 0 radical (unpaired) electrons. The van der Waals surface area contributed by atoms with Gasteiger partial charge in [-0.25, -0.2) is 0 Å². The van der Waals surface area contributed by atoms with Crippen LogP contribution in [0.3, 0.4) is 0 Å². The molecule has 1 fully saturated rings. The highest BCUT2D eigenvalue weighted by Crippen LogP contribution is 2.22. The third-order valence-electron chi connectivity index (χ3n) is 2.92. The van der Waals surface area contributed by atoms with Crippen LogP contribution in [0.4, 0.5) is 0 Å². The molecular weight excluding hydrogens is 206 g/mol. The van der Waals surface area contributed by atoms with Gasteiger partial charge in [0.25, 0.3) is 0 Å². The molecule has 2 atom stereocenters. The first-order chi connectivity index (χ1) is 7.25. The quantitative estimate of drug-likeness (QED) is 0.850. The lowest BCUT2D eigenvalue weighted by molar-refractivity contribution is 0.184. The second-order valence-electron chi connectivity index (χ2n) is 4.31. The van der Waals surface area contributed by atoms with Crippen molar-refractivity contribution in [3.8, 4) is 0 Å². The van der Waals surface area contributed by atoms with Crippen LogP contribution < -0.4 is 5.32 Å². The Labute approximate surface area is 95.6 Å². The van der Waals surface area contributed by atoms with Crippen molar-refractivity contribution in [2.24, 2.45) is 5.92 Å². The normalized spacial score (nSPS) is 23.2. The minimum absolute atomic E-state index is 0.476. The molecule has 0 aliphatic carbocycles. The fraction of sp³-hybridized carbons (Fsp3) is 0.667. The molecule has 84 valence electrons. The van der Waals surface area contributed by atoms with Crippen molar-refractivity contribution in [2.75, 3.05) is 19.8 Å². The van der Waals surface area contributed by atoms with Crippen LogP contribution in [0.25, 0.3) is 0 Å². The van der Waals surface area contributed by atoms with E-state index in [1.54, 1.807) is 0 Å². The molecule has 2 rings (SSSR count). The van der Waals surface area contributed by atoms with Gasteiger partial charge in [-0.05, 0) is 38.3 Å². The topological polar surface area (TPSA) is 21.3 Å². The molecule has 3 heteroatoms. The van der Waals surface area contributed by atoms with Crippen LogP contribution in [0.2, 0.25) is 0 Å². The average molecular weight is 225 g/mol. The summed E-state index contributed by atoms with van der Waals surface area (Å²) in [6, 6.07) is 4.89. The Morgan fingerprint density at radius 3 is 3.07 bits per heavy atom. The van der Waals surface area contributed by atoms with Crippen LogP contribution in [0.15, 0.2) is 12.1 Å². The van der Waals surface area contributed by atoms with E-state index < -0.39 is 0 Å². The maximum absolute atomic E-state index is 5.36. The van der Waals surface area contributed by atoms with Crippen molar-refractivity contribution in [2.45, 2.75) is 26.3 Å². The molecule has 1 N–H and O–H groups in total. The third kappa shape index (κ3) is 3.03. The standard InChI is InChI=1S/C12H19NOS/c1-9-3-4-12(15-9)10(2)13-7-11-5-6-14-8-11/h3-4,10-11,13H,5-8H2,1-2H3. The minimum atomic E-state index is 0.476. The summed E-state index contributed by atoms with van der Waals surface area (Å²) in [7, 11) is 0. The number of hydrogen-bond donors (Lipinski definition) is 1. The molecule has 2 heterocycles. The molecule has 0 amide bonds. The molecule has 15 heavy (non-hydrogen) atoms. The highest BCUT2D eigenvalue weighted by atomic mass is 32.1. The van der Waals surface area contributed by atoms with Gasteiger partial charge < -0.3 is 10.1 Å². The van der Waals surface area contributed by atoms with Gasteiger partial charge in [-0.3, -0.25) is 0 Å². The van der Waals surface area contributed by atoms with Gasteiger partial charge in [-0.2, -0.15) is 0 Å². The average Bonchev–Trinajstić information content (AvgIpc) is 2.84. The smallest absolute Gasteiger partial charge is 0.0507 e. The van der Waals surface area contributed by atoms with Crippen LogP contribution in [0.5, 0.6) is 0 Å². The van der Waals surface area contributed by atoms with Crippen LogP contribution in [-0.2, 0) is 4.74 Å². The van der Waals surface area contributed by atoms with Crippen molar-refractivity contribution in [3.63, 3.8) is 0 Å². The second kappa shape index (κ2) is 5.10. The first kappa shape index (κ1) is 11.1. The highest BCUT2D eigenvalue weighted by Gasteiger charge is 2.16. The lowest BCUT2D eigenvalue weighted by Crippen LogP contribution is -2.25. The molecule has 1 aromatic heterocycles. The number of hydrogen-bond acceptors (Lipinski definition) is 3. The van der Waals surface area contributed by atoms with E-state index in [1.807, 2.05) is 11.3 Å². The molecule has 1 aliphatic heterocycles. The Balaban J connectivity index is 1.79. The summed E-state index contributed by atoms with van der Waals surface area (Å²) in [5, 5.41) is 3.58. The predicted molar refractivity (Wildman–Crippen MR) is 64.4 cm³/mol. The molecule has 1 saturated heterocycles. The Bertz CT molecular complexity index is 304. The van der Waals surface area contributed by atoms with Crippen LogP contribution >= 0.6 is 11.3 Å². The number of nitrogens with one attached hydrogen (secondary N) is 1. The Hall–Kier alpha value is -0.380. The maximum atomic E-state index is 5.36. The zero-order chi connectivity index (χ0) is 10.7. The predicted octanol–water partition coefficient (Wildman–Crippen LogP) is 2.74. The van der Waals surface area contributed by atoms with E-state index in [0.29, 0.717) is 12.0 Å². The molecule has 1 aliphatic rings. The van der Waals surface area contributed by atoms with E-state index in [-0.39, 0.29) is 0 Å². The van der Waals surface area contributed by atoms with Crippen LogP contribution in [0, 0.1) is 12.8 Å². The van der Waals surface area contributed by atoms with Crippen molar-refractivity contribution >= 4 is 11.3 Å². The first-order valence-corrected chi connectivity index (χ1v) is 6.45. The summed E-state index contributed by atoms with van der Waals surface area (Å²) in [5.74, 6) is 0.716. The van der Waals surface area contributed by atoms with E-state index >= 15 is 0 Å². The highest BCUT2D eigenvalue weighted by molar-refractivity contribution is 7.12.